The summed E-state index contributed by atoms with van der Waals surface area (Å²) in [4.78, 5) is 0. The minimum Gasteiger partial charge on any atom is -0.325 e. The van der Waals surface area contributed by atoms with E-state index >= 15 is 0 Å². The summed E-state index contributed by atoms with van der Waals surface area (Å²) in [6, 6.07) is 18.8. The number of rotatable bonds is 4. The summed E-state index contributed by atoms with van der Waals surface area (Å²) in [5.41, 5.74) is 1.83. The Hall–Kier alpha value is -1.21. The van der Waals surface area contributed by atoms with Gasteiger partial charge in [-0.25, -0.2) is 0 Å². The molecule has 0 saturated heterocycles. The van der Waals surface area contributed by atoms with Gasteiger partial charge in [-0.1, -0.05) is 48.5 Å². The second kappa shape index (κ2) is 7.13. The Morgan fingerprint density at radius 2 is 1.13 bits per heavy atom. The van der Waals surface area contributed by atoms with E-state index in [1.807, 2.05) is 6.07 Å². The van der Waals surface area contributed by atoms with Crippen molar-refractivity contribution in [2.24, 2.45) is 0 Å². The monoisotopic (exact) mass is 330 g/mol. The molecule has 0 aliphatic heterocycles. The third-order valence-corrected chi connectivity index (χ3v) is 5.11. The van der Waals surface area contributed by atoms with Crippen LogP contribution in [-0.4, -0.2) is 11.2 Å². The molecule has 0 fully saturated rings. The third-order valence-electron chi connectivity index (χ3n) is 2.90. The molecule has 2 rings (SSSR count). The lowest BCUT2D eigenvalue weighted by Gasteiger charge is -2.32. The van der Waals surface area contributed by atoms with Crippen LogP contribution in [0.4, 0.5) is 0 Å². The fourth-order valence-electron chi connectivity index (χ4n) is 2.11. The zero-order valence-corrected chi connectivity index (χ0v) is 15.9. The average molecular weight is 330 g/mol. The topological polar surface area (TPSA) is 18.5 Å². The van der Waals surface area contributed by atoms with Crippen LogP contribution >= 0.6 is 8.38 Å². The van der Waals surface area contributed by atoms with Crippen molar-refractivity contribution in [2.75, 3.05) is 0 Å². The van der Waals surface area contributed by atoms with Gasteiger partial charge in [-0.05, 0) is 58.7 Å². The number of benzene rings is 2. The first-order valence-corrected chi connectivity index (χ1v) is 9.16. The molecule has 2 aromatic carbocycles. The third kappa shape index (κ3) is 5.73. The van der Waals surface area contributed by atoms with Crippen molar-refractivity contribution in [3.05, 3.63) is 54.6 Å². The summed E-state index contributed by atoms with van der Waals surface area (Å²) in [7, 11) is -1.18. The highest BCUT2D eigenvalue weighted by atomic mass is 31.2. The molecule has 0 unspecified atom stereocenters. The number of hydrogen-bond acceptors (Lipinski definition) is 2. The first-order chi connectivity index (χ1) is 10.7. The summed E-state index contributed by atoms with van der Waals surface area (Å²) in [5, 5.41) is 1.12. The molecule has 2 aromatic rings. The zero-order chi connectivity index (χ0) is 17.1. The molecule has 0 amide bonds. The van der Waals surface area contributed by atoms with E-state index in [1.54, 1.807) is 0 Å². The van der Waals surface area contributed by atoms with Gasteiger partial charge in [0.25, 0.3) is 0 Å². The van der Waals surface area contributed by atoms with Gasteiger partial charge in [0.05, 0.1) is 11.2 Å². The van der Waals surface area contributed by atoms with Gasteiger partial charge in [-0.2, -0.15) is 0 Å². The molecule has 23 heavy (non-hydrogen) atoms. The maximum atomic E-state index is 6.30. The van der Waals surface area contributed by atoms with Crippen molar-refractivity contribution >= 4 is 13.7 Å². The molecule has 0 radical (unpaired) electrons. The fourth-order valence-corrected chi connectivity index (χ4v) is 3.95. The smallest absolute Gasteiger partial charge is 0.206 e. The standard InChI is InChI=1S/C20H27O2P/c1-19(2,3)21-23(22-20(4,5)6)18-15-11-10-14-17(18)16-12-8-7-9-13-16/h7-15H,1-6H3. The Morgan fingerprint density at radius 1 is 0.652 bits per heavy atom. The van der Waals surface area contributed by atoms with E-state index in [-0.39, 0.29) is 11.2 Å². The predicted molar refractivity (Wildman–Crippen MR) is 100 cm³/mol. The van der Waals surface area contributed by atoms with Crippen molar-refractivity contribution in [3.63, 3.8) is 0 Å². The molecular weight excluding hydrogens is 303 g/mol. The molecule has 0 spiro atoms. The Labute approximate surface area is 141 Å². The minimum atomic E-state index is -1.18. The maximum absolute atomic E-state index is 6.30. The van der Waals surface area contributed by atoms with Gasteiger partial charge in [-0.15, -0.1) is 0 Å². The molecular formula is C20H27O2P. The van der Waals surface area contributed by atoms with Crippen molar-refractivity contribution in [3.8, 4) is 11.1 Å². The molecule has 0 atom stereocenters. The van der Waals surface area contributed by atoms with Gasteiger partial charge in [0.1, 0.15) is 0 Å². The highest BCUT2D eigenvalue weighted by Crippen LogP contribution is 2.47. The van der Waals surface area contributed by atoms with E-state index in [1.165, 1.54) is 11.1 Å². The summed E-state index contributed by atoms with van der Waals surface area (Å²) >= 11 is 0. The largest absolute Gasteiger partial charge is 0.325 e. The van der Waals surface area contributed by atoms with Crippen LogP contribution in [0.25, 0.3) is 11.1 Å². The molecule has 3 heteroatoms. The lowest BCUT2D eigenvalue weighted by atomic mass is 10.1. The van der Waals surface area contributed by atoms with E-state index in [2.05, 4.69) is 90.1 Å². The van der Waals surface area contributed by atoms with Crippen LogP contribution in [0, 0.1) is 0 Å². The van der Waals surface area contributed by atoms with Crippen LogP contribution in [0.3, 0.4) is 0 Å². The van der Waals surface area contributed by atoms with Gasteiger partial charge in [0.2, 0.25) is 8.38 Å². The van der Waals surface area contributed by atoms with Gasteiger partial charge < -0.3 is 9.05 Å². The van der Waals surface area contributed by atoms with Crippen molar-refractivity contribution in [2.45, 2.75) is 52.7 Å². The maximum Gasteiger partial charge on any atom is 0.206 e. The SMILES string of the molecule is CC(C)(C)OP(OC(C)(C)C)c1ccccc1-c1ccccc1. The lowest BCUT2D eigenvalue weighted by molar-refractivity contribution is 0.0777. The summed E-state index contributed by atoms with van der Waals surface area (Å²) in [5.74, 6) is 0. The second-order valence-corrected chi connectivity index (χ2v) is 8.91. The van der Waals surface area contributed by atoms with Crippen LogP contribution in [0.2, 0.25) is 0 Å². The predicted octanol–water partition coefficient (Wildman–Crippen LogP) is 5.92. The van der Waals surface area contributed by atoms with E-state index in [9.17, 15) is 0 Å². The average Bonchev–Trinajstić information content (AvgIpc) is 2.44. The first-order valence-electron chi connectivity index (χ1n) is 7.99. The van der Waals surface area contributed by atoms with Gasteiger partial charge in [0.15, 0.2) is 0 Å². The summed E-state index contributed by atoms with van der Waals surface area (Å²) in [6.45, 7) is 12.4. The Balaban J connectivity index is 2.46. The molecule has 0 aliphatic rings. The van der Waals surface area contributed by atoms with Gasteiger partial charge >= 0.3 is 0 Å². The molecule has 2 nitrogen and oxygen atoms in total. The van der Waals surface area contributed by atoms with Gasteiger partial charge in [-0.3, -0.25) is 0 Å². The minimum absolute atomic E-state index is 0.263. The lowest BCUT2D eigenvalue weighted by Crippen LogP contribution is -2.26. The van der Waals surface area contributed by atoms with E-state index in [0.29, 0.717) is 0 Å². The van der Waals surface area contributed by atoms with E-state index in [4.69, 9.17) is 9.05 Å². The molecule has 0 bridgehead atoms. The van der Waals surface area contributed by atoms with Crippen LogP contribution in [0.15, 0.2) is 54.6 Å². The second-order valence-electron chi connectivity index (χ2n) is 7.55. The van der Waals surface area contributed by atoms with E-state index < -0.39 is 8.38 Å². The zero-order valence-electron chi connectivity index (χ0n) is 15.0. The van der Waals surface area contributed by atoms with Crippen LogP contribution in [0.1, 0.15) is 41.5 Å². The van der Waals surface area contributed by atoms with Crippen LogP contribution in [0.5, 0.6) is 0 Å². The van der Waals surface area contributed by atoms with Crippen LogP contribution in [-0.2, 0) is 9.05 Å². The molecule has 0 saturated carbocycles. The molecule has 0 heterocycles. The summed E-state index contributed by atoms with van der Waals surface area (Å²) < 4.78 is 12.6. The molecule has 0 aromatic heterocycles. The Morgan fingerprint density at radius 3 is 1.65 bits per heavy atom. The van der Waals surface area contributed by atoms with Crippen molar-refractivity contribution < 1.29 is 9.05 Å². The van der Waals surface area contributed by atoms with Crippen molar-refractivity contribution in [1.82, 2.24) is 0 Å². The van der Waals surface area contributed by atoms with Crippen LogP contribution < -0.4 is 5.30 Å². The fraction of sp³-hybridized carbons (Fsp3) is 0.400. The van der Waals surface area contributed by atoms with Gasteiger partial charge in [0, 0.05) is 5.30 Å². The van der Waals surface area contributed by atoms with E-state index in [0.717, 1.165) is 5.30 Å². The normalized spacial score (nSPS) is 12.7. The summed E-state index contributed by atoms with van der Waals surface area (Å²) in [6.07, 6.45) is 0. The quantitative estimate of drug-likeness (QED) is 0.648. The van der Waals surface area contributed by atoms with Crippen molar-refractivity contribution in [1.29, 1.82) is 0 Å². The highest BCUT2D eigenvalue weighted by molar-refractivity contribution is 7.56. The molecule has 124 valence electrons. The molecule has 0 N–H and O–H groups in total. The first kappa shape index (κ1) is 18.1. The Kier molecular flexibility index (Phi) is 5.62. The molecule has 0 aliphatic carbocycles. The number of hydrogen-bond donors (Lipinski definition) is 0. The Bertz CT molecular complexity index is 608. The highest BCUT2D eigenvalue weighted by Gasteiger charge is 2.28.